The molecule has 0 saturated carbocycles. The van der Waals surface area contributed by atoms with E-state index in [4.69, 9.17) is 22.1 Å². The molecule has 1 aliphatic carbocycles. The molecule has 6 heteroatoms. The van der Waals surface area contributed by atoms with Gasteiger partial charge >= 0.3 is 0 Å². The Hall–Kier alpha value is -2.84. The van der Waals surface area contributed by atoms with Crippen molar-refractivity contribution >= 4 is 28.3 Å². The largest absolute Gasteiger partial charge is 0.444 e. The van der Waals surface area contributed by atoms with E-state index < -0.39 is 5.92 Å². The summed E-state index contributed by atoms with van der Waals surface area (Å²) in [7, 11) is 0. The van der Waals surface area contributed by atoms with Crippen LogP contribution in [0.5, 0.6) is 0 Å². The van der Waals surface area contributed by atoms with Crippen LogP contribution in [-0.2, 0) is 9.53 Å². The first-order chi connectivity index (χ1) is 13.6. The Morgan fingerprint density at radius 3 is 2.69 bits per heavy atom. The third kappa shape index (κ3) is 3.18. The molecule has 2 heterocycles. The number of carbonyl (C=O) groups excluding carboxylic acids is 1. The number of ketones is 1. The average Bonchev–Trinajstić information content (AvgIpc) is 2.58. The highest BCUT2D eigenvalue weighted by Gasteiger charge is 2.43. The fraction of sp³-hybridized carbons (Fsp3) is 0.348. The summed E-state index contributed by atoms with van der Waals surface area (Å²) in [6.45, 7) is 8.05. The van der Waals surface area contributed by atoms with E-state index in [0.29, 0.717) is 29.7 Å². The summed E-state index contributed by atoms with van der Waals surface area (Å²) in [5.74, 6) is -0.154. The monoisotopic (exact) mass is 407 g/mol. The molecular formula is C23H22ClN3O2. The van der Waals surface area contributed by atoms with Crippen LogP contribution in [0.4, 0.5) is 0 Å². The minimum atomic E-state index is -0.669. The molecule has 29 heavy (non-hydrogen) atoms. The Morgan fingerprint density at radius 2 is 2.00 bits per heavy atom. The van der Waals surface area contributed by atoms with Crippen molar-refractivity contribution in [3.8, 4) is 6.07 Å². The first-order valence-corrected chi connectivity index (χ1v) is 9.90. The van der Waals surface area contributed by atoms with Crippen molar-refractivity contribution < 1.29 is 9.53 Å². The second-order valence-electron chi connectivity index (χ2n) is 8.72. The van der Waals surface area contributed by atoms with Gasteiger partial charge in [-0.25, -0.2) is 4.98 Å². The summed E-state index contributed by atoms with van der Waals surface area (Å²) in [6, 6.07) is 8.10. The lowest BCUT2D eigenvalue weighted by atomic mass is 9.70. The number of nitriles is 1. The van der Waals surface area contributed by atoms with E-state index in [9.17, 15) is 10.1 Å². The number of pyridine rings is 1. The van der Waals surface area contributed by atoms with Crippen LogP contribution >= 0.6 is 11.6 Å². The van der Waals surface area contributed by atoms with Gasteiger partial charge in [0.15, 0.2) is 5.78 Å². The number of nitrogens with two attached hydrogens (primary N) is 1. The Bertz CT molecular complexity index is 1180. The van der Waals surface area contributed by atoms with Gasteiger partial charge in [-0.2, -0.15) is 5.26 Å². The zero-order valence-electron chi connectivity index (χ0n) is 16.9. The van der Waals surface area contributed by atoms with Crippen molar-refractivity contribution in [3.05, 3.63) is 62.8 Å². The summed E-state index contributed by atoms with van der Waals surface area (Å²) in [4.78, 5) is 17.7. The summed E-state index contributed by atoms with van der Waals surface area (Å²) in [5.41, 5.74) is 10.1. The smallest absolute Gasteiger partial charge is 0.205 e. The molecule has 1 aliphatic heterocycles. The molecule has 0 radical (unpaired) electrons. The predicted octanol–water partition coefficient (Wildman–Crippen LogP) is 4.96. The number of ether oxygens (including phenoxy) is 1. The van der Waals surface area contributed by atoms with Crippen LogP contribution in [0, 0.1) is 30.6 Å². The van der Waals surface area contributed by atoms with Crippen LogP contribution in [0.15, 0.2) is 41.0 Å². The second kappa shape index (κ2) is 6.60. The zero-order chi connectivity index (χ0) is 21.1. The zero-order valence-corrected chi connectivity index (χ0v) is 17.6. The van der Waals surface area contributed by atoms with Crippen molar-refractivity contribution in [2.75, 3.05) is 0 Å². The number of rotatable bonds is 1. The lowest BCUT2D eigenvalue weighted by molar-refractivity contribution is -0.119. The number of halogens is 1. The van der Waals surface area contributed by atoms with Gasteiger partial charge in [-0.15, -0.1) is 0 Å². The minimum Gasteiger partial charge on any atom is -0.444 e. The summed E-state index contributed by atoms with van der Waals surface area (Å²) < 4.78 is 5.75. The molecule has 0 saturated heterocycles. The molecule has 1 atom stereocenters. The van der Waals surface area contributed by atoms with Crippen molar-refractivity contribution in [3.63, 3.8) is 0 Å². The number of allylic oxidation sites excluding steroid dienone is 3. The molecule has 2 N–H and O–H groups in total. The third-order valence-electron chi connectivity index (χ3n) is 5.65. The van der Waals surface area contributed by atoms with Crippen LogP contribution in [0.25, 0.3) is 10.9 Å². The minimum absolute atomic E-state index is 0.0264. The molecule has 1 unspecified atom stereocenters. The molecule has 148 valence electrons. The van der Waals surface area contributed by atoms with Crippen molar-refractivity contribution in [2.24, 2.45) is 11.1 Å². The molecule has 0 spiro atoms. The maximum Gasteiger partial charge on any atom is 0.205 e. The van der Waals surface area contributed by atoms with Crippen LogP contribution in [-0.4, -0.2) is 10.8 Å². The number of carbonyl (C=O) groups is 1. The number of aromatic nitrogens is 1. The van der Waals surface area contributed by atoms with Crippen LogP contribution in [0.2, 0.25) is 5.15 Å². The maximum absolute atomic E-state index is 13.1. The SMILES string of the molecule is Cc1cc(C)c2cc(C3C(C#N)=C(N)OC4=C3C(=O)CC(C)(C)C4)c(Cl)nc2c1. The quantitative estimate of drug-likeness (QED) is 0.675. The van der Waals surface area contributed by atoms with Crippen molar-refractivity contribution in [1.29, 1.82) is 5.26 Å². The summed E-state index contributed by atoms with van der Waals surface area (Å²) >= 11 is 6.59. The molecule has 0 amide bonds. The molecule has 2 aliphatic rings. The standard InChI is InChI=1S/C23H22ClN3O2/c1-11-5-12(2)13-7-14(21(24)27-16(13)6-11)19-15(10-25)22(26)29-18-9-23(3,4)8-17(28)20(18)19/h5-7,19H,8-9,26H2,1-4H3. The van der Waals surface area contributed by atoms with Gasteiger partial charge in [-0.05, 0) is 42.5 Å². The van der Waals surface area contributed by atoms with E-state index in [-0.39, 0.29) is 27.8 Å². The molecule has 2 aromatic rings. The molecule has 1 aromatic carbocycles. The van der Waals surface area contributed by atoms with Crippen molar-refractivity contribution in [2.45, 2.75) is 46.5 Å². The van der Waals surface area contributed by atoms with Crippen LogP contribution in [0.1, 0.15) is 49.3 Å². The van der Waals surface area contributed by atoms with Gasteiger partial charge in [-0.3, -0.25) is 4.79 Å². The number of hydrogen-bond acceptors (Lipinski definition) is 5. The summed E-state index contributed by atoms with van der Waals surface area (Å²) in [5, 5.41) is 11.0. The van der Waals surface area contributed by atoms with Gasteiger partial charge in [0.25, 0.3) is 0 Å². The van der Waals surface area contributed by atoms with Crippen LogP contribution in [0.3, 0.4) is 0 Å². The van der Waals surface area contributed by atoms with E-state index in [1.54, 1.807) is 0 Å². The second-order valence-corrected chi connectivity index (χ2v) is 9.08. The first kappa shape index (κ1) is 19.5. The highest BCUT2D eigenvalue weighted by molar-refractivity contribution is 6.31. The lowest BCUT2D eigenvalue weighted by Crippen LogP contribution is -2.33. The molecule has 5 nitrogen and oxygen atoms in total. The Morgan fingerprint density at radius 1 is 1.28 bits per heavy atom. The highest BCUT2D eigenvalue weighted by Crippen LogP contribution is 2.49. The molecule has 4 rings (SSSR count). The van der Waals surface area contributed by atoms with Gasteiger partial charge in [0.1, 0.15) is 22.6 Å². The third-order valence-corrected chi connectivity index (χ3v) is 5.96. The van der Waals surface area contributed by atoms with Gasteiger partial charge < -0.3 is 10.5 Å². The Balaban J connectivity index is 1.99. The Kier molecular flexibility index (Phi) is 4.43. The van der Waals surface area contributed by atoms with Gasteiger partial charge in [0.2, 0.25) is 5.88 Å². The number of fused-ring (bicyclic) bond motifs is 1. The number of aryl methyl sites for hydroxylation is 2. The van der Waals surface area contributed by atoms with E-state index in [0.717, 1.165) is 22.0 Å². The first-order valence-electron chi connectivity index (χ1n) is 9.52. The number of benzene rings is 1. The molecule has 1 aromatic heterocycles. The van der Waals surface area contributed by atoms with E-state index in [2.05, 4.69) is 17.1 Å². The molecule has 0 bridgehead atoms. The molecule has 0 fully saturated rings. The molecular weight excluding hydrogens is 386 g/mol. The number of nitrogens with zero attached hydrogens (tertiary/aromatic N) is 2. The van der Waals surface area contributed by atoms with E-state index in [1.807, 2.05) is 39.8 Å². The lowest BCUT2D eigenvalue weighted by Gasteiger charge is -2.37. The normalized spacial score (nSPS) is 21.1. The fourth-order valence-corrected chi connectivity index (χ4v) is 4.67. The van der Waals surface area contributed by atoms with Gasteiger partial charge in [-0.1, -0.05) is 31.5 Å². The fourth-order valence-electron chi connectivity index (χ4n) is 4.42. The van der Waals surface area contributed by atoms with Crippen LogP contribution < -0.4 is 5.73 Å². The van der Waals surface area contributed by atoms with E-state index in [1.165, 1.54) is 0 Å². The number of hydrogen-bond donors (Lipinski definition) is 1. The predicted molar refractivity (Wildman–Crippen MR) is 112 cm³/mol. The number of Topliss-reactive ketones (excluding diaryl/α,β-unsaturated/α-hetero) is 1. The van der Waals surface area contributed by atoms with E-state index >= 15 is 0 Å². The topological polar surface area (TPSA) is 89.0 Å². The average molecular weight is 408 g/mol. The summed E-state index contributed by atoms with van der Waals surface area (Å²) in [6.07, 6.45) is 0.946. The van der Waals surface area contributed by atoms with Gasteiger partial charge in [0.05, 0.1) is 11.4 Å². The highest BCUT2D eigenvalue weighted by atomic mass is 35.5. The van der Waals surface area contributed by atoms with Gasteiger partial charge in [0, 0.05) is 29.4 Å². The maximum atomic E-state index is 13.1. The van der Waals surface area contributed by atoms with Crippen molar-refractivity contribution in [1.82, 2.24) is 4.98 Å². The Labute approximate surface area is 174 Å².